The van der Waals surface area contributed by atoms with Crippen LogP contribution in [0.15, 0.2) is 65.1 Å². The van der Waals surface area contributed by atoms with Crippen molar-refractivity contribution in [2.24, 2.45) is 0 Å². The van der Waals surface area contributed by atoms with Gasteiger partial charge in [0.25, 0.3) is 0 Å². The first-order chi connectivity index (χ1) is 8.34. The van der Waals surface area contributed by atoms with Crippen LogP contribution >= 0.6 is 0 Å². The number of rotatable bonds is 1. The van der Waals surface area contributed by atoms with Gasteiger partial charge in [-0.25, -0.2) is 0 Å². The molecule has 1 aromatic heterocycles. The molecule has 1 nitrogen and oxygen atoms in total. The van der Waals surface area contributed by atoms with Crippen LogP contribution in [0.3, 0.4) is 0 Å². The number of benzene rings is 2. The molecular weight excluding hydrogens is 380 g/mol. The van der Waals surface area contributed by atoms with E-state index in [0.29, 0.717) is 0 Å². The average molecular weight is 390 g/mol. The van der Waals surface area contributed by atoms with Crippen LogP contribution in [0.5, 0.6) is 0 Å². The van der Waals surface area contributed by atoms with Crippen molar-refractivity contribution in [3.05, 3.63) is 64.4 Å². The predicted molar refractivity (Wildman–Crippen MR) is 64.9 cm³/mol. The molecule has 0 atom stereocenters. The van der Waals surface area contributed by atoms with Gasteiger partial charge in [0.1, 0.15) is 0 Å². The van der Waals surface area contributed by atoms with Gasteiger partial charge in [0.2, 0.25) is 0 Å². The summed E-state index contributed by atoms with van der Waals surface area (Å²) >= 11 is 1.35. The Labute approximate surface area is 110 Å². The molecule has 0 spiro atoms. The van der Waals surface area contributed by atoms with E-state index in [9.17, 15) is 0 Å². The molecule has 0 N–H and O–H groups in total. The zero-order valence-corrected chi connectivity index (χ0v) is 12.0. The van der Waals surface area contributed by atoms with Crippen LogP contribution in [0.4, 0.5) is 0 Å². The van der Waals surface area contributed by atoms with E-state index in [2.05, 4.69) is 36.4 Å². The van der Waals surface area contributed by atoms with Crippen LogP contribution in [0, 0.1) is 3.74 Å². The summed E-state index contributed by atoms with van der Waals surface area (Å²) in [7, 11) is 0. The van der Waals surface area contributed by atoms with Crippen molar-refractivity contribution < 1.29 is 23.8 Å². The molecule has 0 amide bonds. The van der Waals surface area contributed by atoms with Crippen molar-refractivity contribution in [2.45, 2.75) is 0 Å². The third kappa shape index (κ3) is 2.03. The van der Waals surface area contributed by atoms with Gasteiger partial charge in [-0.15, -0.1) is 0 Å². The molecule has 0 unspecified atom stereocenters. The van der Waals surface area contributed by atoms with Crippen molar-refractivity contribution in [3.63, 3.8) is 0 Å². The van der Waals surface area contributed by atoms with E-state index >= 15 is 0 Å². The Bertz CT molecular complexity index is 714. The Morgan fingerprint density at radius 2 is 1.53 bits per heavy atom. The predicted octanol–water partition coefficient (Wildman–Crippen LogP) is 4.18. The van der Waals surface area contributed by atoms with Gasteiger partial charge in [0.15, 0.2) is 0 Å². The molecule has 0 aliphatic rings. The Kier molecular flexibility index (Phi) is 2.78. The molecule has 2 aromatic carbocycles. The summed E-state index contributed by atoms with van der Waals surface area (Å²) in [4.78, 5) is 0. The summed E-state index contributed by atoms with van der Waals surface area (Å²) in [6, 6.07) is 20.7. The van der Waals surface area contributed by atoms with Crippen molar-refractivity contribution in [2.75, 3.05) is 0 Å². The minimum absolute atomic E-state index is 0.966. The average Bonchev–Trinajstić information content (AvgIpc) is 2.39. The van der Waals surface area contributed by atoms with Gasteiger partial charge in [0, 0.05) is 0 Å². The second-order valence-corrected chi connectivity index (χ2v) is 5.29. The minimum atomic E-state index is 0.966. The molecule has 0 saturated carbocycles. The standard InChI is InChI=1S/C15H10O.W/c1-2-7-13(8-3-1)15-14-9-5-4-6-12(14)10-11-16-15;/h1-10H;. The molecule has 1 heterocycles. The fourth-order valence-electron chi connectivity index (χ4n) is 1.95. The molecule has 3 aromatic rings. The molecule has 2 heteroatoms. The molecule has 0 aliphatic heterocycles. The van der Waals surface area contributed by atoms with Crippen molar-refractivity contribution in [1.29, 1.82) is 0 Å². The summed E-state index contributed by atoms with van der Waals surface area (Å²) in [6.07, 6.45) is 0. The van der Waals surface area contributed by atoms with Gasteiger partial charge < -0.3 is 0 Å². The zero-order valence-electron chi connectivity index (χ0n) is 9.09. The fraction of sp³-hybridized carbons (Fsp3) is 0. The Morgan fingerprint density at radius 1 is 0.824 bits per heavy atom. The van der Waals surface area contributed by atoms with Crippen LogP contribution in [-0.4, -0.2) is 0 Å². The van der Waals surface area contributed by atoms with E-state index < -0.39 is 0 Å². The van der Waals surface area contributed by atoms with Crippen molar-refractivity contribution in [3.8, 4) is 11.3 Å². The topological polar surface area (TPSA) is 13.1 Å². The monoisotopic (exact) mass is 390 g/mol. The van der Waals surface area contributed by atoms with Crippen LogP contribution in [0.2, 0.25) is 0 Å². The summed E-state index contributed by atoms with van der Waals surface area (Å²) in [6.45, 7) is 0. The van der Waals surface area contributed by atoms with E-state index in [1.165, 1.54) is 30.1 Å². The zero-order chi connectivity index (χ0) is 11.7. The Balaban J connectivity index is 2.40. The SMILES string of the molecule is [W]=[c]1cc2ccccc2c(-c2ccccc2)o1. The molecule has 82 valence electrons. The van der Waals surface area contributed by atoms with E-state index in [-0.39, 0.29) is 0 Å². The van der Waals surface area contributed by atoms with Gasteiger partial charge >= 0.3 is 110 Å². The molecule has 17 heavy (non-hydrogen) atoms. The number of fused-ring (bicyclic) bond motifs is 1. The van der Waals surface area contributed by atoms with Crippen molar-refractivity contribution in [1.82, 2.24) is 0 Å². The first kappa shape index (κ1) is 10.7. The molecule has 0 aliphatic carbocycles. The van der Waals surface area contributed by atoms with Gasteiger partial charge in [0.05, 0.1) is 0 Å². The first-order valence-corrected chi connectivity index (χ1v) is 6.89. The summed E-state index contributed by atoms with van der Waals surface area (Å²) in [5.74, 6) is 0.966. The third-order valence-corrected chi connectivity index (χ3v) is 3.44. The Morgan fingerprint density at radius 3 is 2.35 bits per heavy atom. The molecule has 0 fully saturated rings. The quantitative estimate of drug-likeness (QED) is 0.608. The van der Waals surface area contributed by atoms with Crippen LogP contribution < -0.4 is 0 Å². The van der Waals surface area contributed by atoms with Gasteiger partial charge in [-0.2, -0.15) is 0 Å². The van der Waals surface area contributed by atoms with Gasteiger partial charge in [-0.3, -0.25) is 0 Å². The van der Waals surface area contributed by atoms with E-state index in [0.717, 1.165) is 15.1 Å². The van der Waals surface area contributed by atoms with Crippen LogP contribution in [-0.2, 0) is 19.4 Å². The van der Waals surface area contributed by atoms with E-state index in [1.807, 2.05) is 24.3 Å². The molecule has 0 radical (unpaired) electrons. The van der Waals surface area contributed by atoms with Crippen LogP contribution in [0.1, 0.15) is 0 Å². The maximum absolute atomic E-state index is 5.91. The first-order valence-electron chi connectivity index (χ1n) is 5.43. The fourth-order valence-corrected chi connectivity index (χ4v) is 2.70. The summed E-state index contributed by atoms with van der Waals surface area (Å²) in [5.41, 5.74) is 1.13. The second kappa shape index (κ2) is 4.43. The third-order valence-electron chi connectivity index (χ3n) is 2.72. The number of hydrogen-bond acceptors (Lipinski definition) is 1. The Hall–Kier alpha value is -1.46. The number of hydrogen-bond donors (Lipinski definition) is 0. The maximum atomic E-state index is 5.91. The van der Waals surface area contributed by atoms with E-state index in [4.69, 9.17) is 4.42 Å². The van der Waals surface area contributed by atoms with Gasteiger partial charge in [-0.05, 0) is 0 Å². The molecule has 0 bridgehead atoms. The molecule has 0 saturated heterocycles. The summed E-state index contributed by atoms with van der Waals surface area (Å²) in [5, 5.41) is 2.41. The van der Waals surface area contributed by atoms with E-state index in [1.54, 1.807) is 0 Å². The normalized spacial score (nSPS) is 10.6. The van der Waals surface area contributed by atoms with Crippen LogP contribution in [0.25, 0.3) is 22.1 Å². The molecular formula is C15H10OW. The summed E-state index contributed by atoms with van der Waals surface area (Å²) < 4.78 is 6.93. The second-order valence-electron chi connectivity index (χ2n) is 3.85. The van der Waals surface area contributed by atoms with Crippen molar-refractivity contribution >= 4 is 10.8 Å². The van der Waals surface area contributed by atoms with Gasteiger partial charge in [-0.1, -0.05) is 0 Å². The molecule has 3 rings (SSSR count).